The van der Waals surface area contributed by atoms with E-state index in [9.17, 15) is 9.50 Å². The van der Waals surface area contributed by atoms with Crippen molar-refractivity contribution >= 4 is 11.6 Å². The van der Waals surface area contributed by atoms with Crippen molar-refractivity contribution < 1.29 is 19.0 Å². The molecule has 0 amide bonds. The number of hydrogen-bond acceptors (Lipinski definition) is 3. The molecule has 0 aromatic heterocycles. The lowest BCUT2D eigenvalue weighted by molar-refractivity contribution is 0.219. The summed E-state index contributed by atoms with van der Waals surface area (Å²) >= 11 is 6.25. The van der Waals surface area contributed by atoms with Gasteiger partial charge in [-0.2, -0.15) is 0 Å². The summed E-state index contributed by atoms with van der Waals surface area (Å²) in [5, 5.41) is 10.7. The molecule has 5 heteroatoms. The van der Waals surface area contributed by atoms with Gasteiger partial charge in [0.15, 0.2) is 11.5 Å². The molecule has 1 atom stereocenters. The molecule has 2 rings (SSSR count). The number of aliphatic hydroxyl groups excluding tert-OH is 1. The zero-order chi connectivity index (χ0) is 15.6. The van der Waals surface area contributed by atoms with E-state index in [1.54, 1.807) is 31.2 Å². The minimum Gasteiger partial charge on any atom is -0.493 e. The average molecular weight is 311 g/mol. The lowest BCUT2D eigenvalue weighted by atomic mass is 9.99. The van der Waals surface area contributed by atoms with Crippen LogP contribution in [0.15, 0.2) is 30.3 Å². The Morgan fingerprint density at radius 3 is 2.43 bits per heavy atom. The van der Waals surface area contributed by atoms with Gasteiger partial charge < -0.3 is 14.6 Å². The number of aryl methyl sites for hydroxylation is 1. The summed E-state index contributed by atoms with van der Waals surface area (Å²) < 4.78 is 24.0. The maximum atomic E-state index is 13.6. The van der Waals surface area contributed by atoms with Gasteiger partial charge in [0.25, 0.3) is 0 Å². The van der Waals surface area contributed by atoms with Crippen molar-refractivity contribution in [2.45, 2.75) is 13.0 Å². The standard InChI is InChI=1S/C16H16ClFO3/c1-9-4-5-10(8-12(9)18)15(19)11-6-7-13(20-2)16(21-3)14(11)17/h4-8,15,19H,1-3H3. The molecule has 21 heavy (non-hydrogen) atoms. The largest absolute Gasteiger partial charge is 0.493 e. The summed E-state index contributed by atoms with van der Waals surface area (Å²) in [5.74, 6) is 0.431. The highest BCUT2D eigenvalue weighted by molar-refractivity contribution is 6.33. The van der Waals surface area contributed by atoms with E-state index >= 15 is 0 Å². The molecule has 2 aromatic carbocycles. The van der Waals surface area contributed by atoms with E-state index in [0.717, 1.165) is 0 Å². The fraction of sp³-hybridized carbons (Fsp3) is 0.250. The number of ether oxygens (including phenoxy) is 2. The van der Waals surface area contributed by atoms with Gasteiger partial charge in [-0.3, -0.25) is 0 Å². The Balaban J connectivity index is 2.48. The van der Waals surface area contributed by atoms with Crippen molar-refractivity contribution in [2.75, 3.05) is 14.2 Å². The monoisotopic (exact) mass is 310 g/mol. The molecular weight excluding hydrogens is 295 g/mol. The summed E-state index contributed by atoms with van der Waals surface area (Å²) in [6, 6.07) is 7.85. The van der Waals surface area contributed by atoms with E-state index < -0.39 is 6.10 Å². The van der Waals surface area contributed by atoms with Crippen LogP contribution >= 0.6 is 11.6 Å². The predicted molar refractivity (Wildman–Crippen MR) is 79.8 cm³/mol. The summed E-state index contributed by atoms with van der Waals surface area (Å²) in [6.45, 7) is 1.66. The first kappa shape index (κ1) is 15.6. The molecule has 0 saturated carbocycles. The minimum atomic E-state index is -1.05. The topological polar surface area (TPSA) is 38.7 Å². The average Bonchev–Trinajstić information content (AvgIpc) is 2.48. The van der Waals surface area contributed by atoms with E-state index in [2.05, 4.69) is 0 Å². The van der Waals surface area contributed by atoms with Crippen molar-refractivity contribution in [3.63, 3.8) is 0 Å². The highest BCUT2D eigenvalue weighted by atomic mass is 35.5. The van der Waals surface area contributed by atoms with Crippen LogP contribution < -0.4 is 9.47 Å². The lowest BCUT2D eigenvalue weighted by Crippen LogP contribution is -2.03. The first-order valence-electron chi connectivity index (χ1n) is 6.34. The number of methoxy groups -OCH3 is 2. The normalized spacial score (nSPS) is 12.1. The molecule has 0 aliphatic carbocycles. The van der Waals surface area contributed by atoms with Gasteiger partial charge in [-0.05, 0) is 30.2 Å². The second-order valence-corrected chi connectivity index (χ2v) is 4.99. The van der Waals surface area contributed by atoms with Crippen molar-refractivity contribution in [1.82, 2.24) is 0 Å². The number of hydrogen-bond donors (Lipinski definition) is 1. The molecular formula is C16H16ClFO3. The van der Waals surface area contributed by atoms with Gasteiger partial charge in [0.05, 0.1) is 19.2 Å². The van der Waals surface area contributed by atoms with Gasteiger partial charge in [0, 0.05) is 5.56 Å². The van der Waals surface area contributed by atoms with Gasteiger partial charge in [-0.15, -0.1) is 0 Å². The first-order valence-corrected chi connectivity index (χ1v) is 6.71. The van der Waals surface area contributed by atoms with Crippen molar-refractivity contribution in [2.24, 2.45) is 0 Å². The highest BCUT2D eigenvalue weighted by Gasteiger charge is 2.20. The summed E-state index contributed by atoms with van der Waals surface area (Å²) in [4.78, 5) is 0. The molecule has 0 fully saturated rings. The van der Waals surface area contributed by atoms with E-state index in [1.807, 2.05) is 0 Å². The molecule has 2 aromatic rings. The van der Waals surface area contributed by atoms with Gasteiger partial charge >= 0.3 is 0 Å². The van der Waals surface area contributed by atoms with Crippen LogP contribution in [0.25, 0.3) is 0 Å². The van der Waals surface area contributed by atoms with E-state index in [-0.39, 0.29) is 10.8 Å². The molecule has 1 unspecified atom stereocenters. The van der Waals surface area contributed by atoms with Gasteiger partial charge in [0.2, 0.25) is 0 Å². The van der Waals surface area contributed by atoms with Crippen LogP contribution in [0.4, 0.5) is 4.39 Å². The van der Waals surface area contributed by atoms with Gasteiger partial charge in [-0.25, -0.2) is 4.39 Å². The van der Waals surface area contributed by atoms with Gasteiger partial charge in [-0.1, -0.05) is 29.8 Å². The third-order valence-corrected chi connectivity index (χ3v) is 3.71. The molecule has 112 valence electrons. The highest BCUT2D eigenvalue weighted by Crippen LogP contribution is 2.41. The summed E-state index contributed by atoms with van der Waals surface area (Å²) in [5.41, 5.74) is 1.37. The molecule has 0 saturated heterocycles. The summed E-state index contributed by atoms with van der Waals surface area (Å²) in [7, 11) is 2.96. The van der Waals surface area contributed by atoms with Crippen LogP contribution in [-0.4, -0.2) is 19.3 Å². The zero-order valence-corrected chi connectivity index (χ0v) is 12.7. The fourth-order valence-electron chi connectivity index (χ4n) is 2.07. The first-order chi connectivity index (χ1) is 9.99. The quantitative estimate of drug-likeness (QED) is 0.931. The molecule has 1 N–H and O–H groups in total. The maximum absolute atomic E-state index is 13.6. The molecule has 0 spiro atoms. The molecule has 3 nitrogen and oxygen atoms in total. The van der Waals surface area contributed by atoms with Crippen molar-refractivity contribution in [3.8, 4) is 11.5 Å². The minimum absolute atomic E-state index is 0.241. The molecule has 0 aliphatic heterocycles. The zero-order valence-electron chi connectivity index (χ0n) is 12.0. The van der Waals surface area contributed by atoms with Crippen LogP contribution in [0.1, 0.15) is 22.8 Å². The van der Waals surface area contributed by atoms with Crippen molar-refractivity contribution in [1.29, 1.82) is 0 Å². The van der Waals surface area contributed by atoms with E-state index in [0.29, 0.717) is 28.2 Å². The molecule has 0 heterocycles. The lowest BCUT2D eigenvalue weighted by Gasteiger charge is -2.17. The number of aliphatic hydroxyl groups is 1. The van der Waals surface area contributed by atoms with Crippen LogP contribution in [0.5, 0.6) is 11.5 Å². The van der Waals surface area contributed by atoms with E-state index in [4.69, 9.17) is 21.1 Å². The summed E-state index contributed by atoms with van der Waals surface area (Å²) in [6.07, 6.45) is -1.05. The van der Waals surface area contributed by atoms with Crippen molar-refractivity contribution in [3.05, 3.63) is 57.9 Å². The Morgan fingerprint density at radius 1 is 1.14 bits per heavy atom. The molecule has 0 radical (unpaired) electrons. The van der Waals surface area contributed by atoms with Crippen LogP contribution in [0.2, 0.25) is 5.02 Å². The van der Waals surface area contributed by atoms with Gasteiger partial charge in [0.1, 0.15) is 11.9 Å². The Morgan fingerprint density at radius 2 is 1.86 bits per heavy atom. The molecule has 0 bridgehead atoms. The van der Waals surface area contributed by atoms with Crippen LogP contribution in [0.3, 0.4) is 0 Å². The second-order valence-electron chi connectivity index (χ2n) is 4.62. The third-order valence-electron chi connectivity index (χ3n) is 3.32. The fourth-order valence-corrected chi connectivity index (χ4v) is 2.41. The third kappa shape index (κ3) is 2.96. The van der Waals surface area contributed by atoms with Crippen LogP contribution in [0, 0.1) is 12.7 Å². The predicted octanol–water partition coefficient (Wildman–Crippen LogP) is 3.89. The van der Waals surface area contributed by atoms with Crippen LogP contribution in [-0.2, 0) is 0 Å². The SMILES string of the molecule is COc1ccc(C(O)c2ccc(C)c(F)c2)c(Cl)c1OC. The number of benzene rings is 2. The maximum Gasteiger partial charge on any atom is 0.179 e. The number of rotatable bonds is 4. The number of halogens is 2. The Hall–Kier alpha value is -1.78. The molecule has 0 aliphatic rings. The Labute approximate surface area is 127 Å². The second kappa shape index (κ2) is 6.33. The Bertz CT molecular complexity index is 658. The smallest absolute Gasteiger partial charge is 0.179 e. The Kier molecular flexibility index (Phi) is 4.70. The van der Waals surface area contributed by atoms with E-state index in [1.165, 1.54) is 20.3 Å².